The van der Waals surface area contributed by atoms with Gasteiger partial charge in [-0.2, -0.15) is 0 Å². The van der Waals surface area contributed by atoms with Crippen LogP contribution in [0.5, 0.6) is 0 Å². The molecular weight excluding hydrogens is 500 g/mol. The van der Waals surface area contributed by atoms with Crippen molar-refractivity contribution in [2.75, 3.05) is 39.4 Å². The number of nitrogens with one attached hydrogen (secondary N) is 1. The first-order valence-electron chi connectivity index (χ1n) is 13.2. The number of benzene rings is 1. The Balaban J connectivity index is 1.32. The fourth-order valence-corrected chi connectivity index (χ4v) is 5.55. The average molecular weight is 533 g/mol. The van der Waals surface area contributed by atoms with Crippen molar-refractivity contribution in [3.05, 3.63) is 76.0 Å². The minimum absolute atomic E-state index is 0.0849. The number of aromatic nitrogens is 3. The zero-order valence-corrected chi connectivity index (χ0v) is 21.8. The molecule has 0 bridgehead atoms. The third-order valence-electron chi connectivity index (χ3n) is 7.63. The number of carboxylic acids is 1. The number of aromatic amines is 1. The Morgan fingerprint density at radius 3 is 2.67 bits per heavy atom. The number of oxazole rings is 1. The van der Waals surface area contributed by atoms with E-state index in [0.717, 1.165) is 62.6 Å². The lowest BCUT2D eigenvalue weighted by Gasteiger charge is -2.35. The molecule has 0 unspecified atom stereocenters. The maximum Gasteiger partial charge on any atom is 0.419 e. The molecule has 0 spiro atoms. The lowest BCUT2D eigenvalue weighted by atomic mass is 9.99. The largest absolute Gasteiger partial charge is 0.477 e. The highest BCUT2D eigenvalue weighted by Crippen LogP contribution is 2.36. The van der Waals surface area contributed by atoms with Crippen molar-refractivity contribution in [3.8, 4) is 11.1 Å². The number of hydrogen-bond acceptors (Lipinski definition) is 8. The third kappa shape index (κ3) is 5.01. The summed E-state index contributed by atoms with van der Waals surface area (Å²) >= 11 is 0. The number of pyridine rings is 1. The van der Waals surface area contributed by atoms with Crippen LogP contribution in [0.2, 0.25) is 0 Å². The Labute approximate surface area is 224 Å². The van der Waals surface area contributed by atoms with E-state index in [9.17, 15) is 14.7 Å². The quantitative estimate of drug-likeness (QED) is 0.311. The maximum absolute atomic E-state index is 12.7. The van der Waals surface area contributed by atoms with Gasteiger partial charge < -0.3 is 25.0 Å². The zero-order chi connectivity index (χ0) is 27.1. The van der Waals surface area contributed by atoms with E-state index in [1.807, 2.05) is 37.3 Å². The summed E-state index contributed by atoms with van der Waals surface area (Å²) in [5, 5.41) is 10.8. The first-order chi connectivity index (χ1) is 18.9. The second kappa shape index (κ2) is 10.4. The number of carboxylic acid groups (broad SMARTS) is 1. The number of carbonyl (C=O) groups is 1. The van der Waals surface area contributed by atoms with Crippen molar-refractivity contribution >= 4 is 16.9 Å². The Hall–Kier alpha value is -3.77. The topological polar surface area (TPSA) is 143 Å². The average Bonchev–Trinajstić information content (AvgIpc) is 3.49. The fourth-order valence-electron chi connectivity index (χ4n) is 5.55. The number of nitrogens with two attached hydrogens (primary N) is 1. The molecule has 5 heterocycles. The lowest BCUT2D eigenvalue weighted by Crippen LogP contribution is -2.54. The van der Waals surface area contributed by atoms with Crippen molar-refractivity contribution < 1.29 is 19.1 Å². The second-order valence-electron chi connectivity index (χ2n) is 10.4. The molecule has 204 valence electrons. The normalized spacial score (nSPS) is 17.9. The smallest absolute Gasteiger partial charge is 0.419 e. The van der Waals surface area contributed by atoms with Crippen LogP contribution >= 0.6 is 0 Å². The molecule has 2 fully saturated rings. The lowest BCUT2D eigenvalue weighted by molar-refractivity contribution is 0.0336. The van der Waals surface area contributed by atoms with Crippen LogP contribution in [-0.4, -0.2) is 80.8 Å². The van der Waals surface area contributed by atoms with Crippen molar-refractivity contribution in [2.45, 2.75) is 32.1 Å². The van der Waals surface area contributed by atoms with Crippen LogP contribution in [0.3, 0.4) is 0 Å². The summed E-state index contributed by atoms with van der Waals surface area (Å²) in [7, 11) is 0. The first-order valence-corrected chi connectivity index (χ1v) is 13.2. The van der Waals surface area contributed by atoms with Gasteiger partial charge in [0.25, 0.3) is 0 Å². The van der Waals surface area contributed by atoms with Gasteiger partial charge in [-0.15, -0.1) is 0 Å². The first kappa shape index (κ1) is 25.5. The minimum atomic E-state index is -1.06. The predicted molar refractivity (Wildman–Crippen MR) is 145 cm³/mol. The van der Waals surface area contributed by atoms with E-state index >= 15 is 0 Å². The molecule has 2 saturated heterocycles. The SMILES string of the molecule is C[C@@H](c1cccc2c(-c3ccc(CN4CCOCC4)nc3)c(C(=O)O)[nH]c12)n1cc(CN2CC(N)C2)oc1=O. The Kier molecular flexibility index (Phi) is 6.81. The van der Waals surface area contributed by atoms with Gasteiger partial charge in [0, 0.05) is 61.5 Å². The minimum Gasteiger partial charge on any atom is -0.477 e. The van der Waals surface area contributed by atoms with Crippen LogP contribution in [0.1, 0.15) is 40.5 Å². The second-order valence-corrected chi connectivity index (χ2v) is 10.4. The van der Waals surface area contributed by atoms with Gasteiger partial charge in [0.2, 0.25) is 0 Å². The van der Waals surface area contributed by atoms with Gasteiger partial charge >= 0.3 is 11.7 Å². The maximum atomic E-state index is 12.7. The molecule has 11 nitrogen and oxygen atoms in total. The molecule has 39 heavy (non-hydrogen) atoms. The molecule has 11 heteroatoms. The van der Waals surface area contributed by atoms with E-state index in [4.69, 9.17) is 14.9 Å². The molecule has 0 radical (unpaired) electrons. The monoisotopic (exact) mass is 532 g/mol. The van der Waals surface area contributed by atoms with E-state index < -0.39 is 11.7 Å². The van der Waals surface area contributed by atoms with Crippen molar-refractivity contribution in [3.63, 3.8) is 0 Å². The number of fused-ring (bicyclic) bond motifs is 1. The highest BCUT2D eigenvalue weighted by molar-refractivity contribution is 6.08. The number of aromatic carboxylic acids is 1. The van der Waals surface area contributed by atoms with Crippen LogP contribution in [0.15, 0.2) is 51.9 Å². The van der Waals surface area contributed by atoms with Gasteiger partial charge in [-0.05, 0) is 18.6 Å². The number of morpholine rings is 1. The molecule has 0 amide bonds. The number of hydrogen-bond donors (Lipinski definition) is 3. The van der Waals surface area contributed by atoms with Crippen LogP contribution < -0.4 is 11.5 Å². The van der Waals surface area contributed by atoms with Crippen LogP contribution in [0, 0.1) is 0 Å². The van der Waals surface area contributed by atoms with Gasteiger partial charge in [-0.1, -0.05) is 24.3 Å². The molecule has 2 aliphatic heterocycles. The molecule has 3 aromatic heterocycles. The van der Waals surface area contributed by atoms with E-state index in [2.05, 4.69) is 19.8 Å². The molecule has 2 aliphatic rings. The number of ether oxygens (including phenoxy) is 1. The number of nitrogens with zero attached hydrogens (tertiary/aromatic N) is 4. The van der Waals surface area contributed by atoms with E-state index in [0.29, 0.717) is 28.9 Å². The number of likely N-dealkylation sites (tertiary alicyclic amines) is 1. The highest BCUT2D eigenvalue weighted by atomic mass is 16.5. The number of rotatable bonds is 8. The summed E-state index contributed by atoms with van der Waals surface area (Å²) in [5.41, 5.74) is 9.61. The van der Waals surface area contributed by atoms with Crippen LogP contribution in [0.4, 0.5) is 0 Å². The van der Waals surface area contributed by atoms with Crippen molar-refractivity contribution in [2.24, 2.45) is 5.73 Å². The van der Waals surface area contributed by atoms with E-state index in [1.165, 1.54) is 0 Å². The number of para-hydroxylation sites is 1. The Bertz CT molecular complexity index is 1540. The zero-order valence-electron chi connectivity index (χ0n) is 21.8. The van der Waals surface area contributed by atoms with Gasteiger partial charge in [-0.3, -0.25) is 19.4 Å². The van der Waals surface area contributed by atoms with Crippen LogP contribution in [-0.2, 0) is 17.8 Å². The van der Waals surface area contributed by atoms with E-state index in [-0.39, 0.29) is 17.8 Å². The van der Waals surface area contributed by atoms with Gasteiger partial charge in [0.05, 0.1) is 43.2 Å². The Morgan fingerprint density at radius 1 is 1.18 bits per heavy atom. The van der Waals surface area contributed by atoms with E-state index in [1.54, 1.807) is 17.0 Å². The van der Waals surface area contributed by atoms with Crippen LogP contribution in [0.25, 0.3) is 22.0 Å². The summed E-state index contributed by atoms with van der Waals surface area (Å²) in [4.78, 5) is 37.2. The Morgan fingerprint density at radius 2 is 1.97 bits per heavy atom. The summed E-state index contributed by atoms with van der Waals surface area (Å²) in [6, 6.07) is 9.31. The van der Waals surface area contributed by atoms with Crippen molar-refractivity contribution in [1.29, 1.82) is 0 Å². The predicted octanol–water partition coefficient (Wildman–Crippen LogP) is 2.27. The standard InChI is InChI=1S/C28H32N6O5/c1-17(34-16-21(39-28(34)37)15-33-12-19(29)13-33)22-3-2-4-23-24(26(27(35)36)31-25(22)23)18-5-6-20(30-11-18)14-32-7-9-38-10-8-32/h2-6,11,16-17,19,31H,7-10,12-15,29H2,1H3,(H,35,36)/t17-/m0/s1. The molecule has 0 saturated carbocycles. The fraction of sp³-hybridized carbons (Fsp3) is 0.393. The van der Waals surface area contributed by atoms with Gasteiger partial charge in [0.15, 0.2) is 0 Å². The molecule has 0 aliphatic carbocycles. The summed E-state index contributed by atoms with van der Waals surface area (Å²) in [5.74, 6) is -0.940. The van der Waals surface area contributed by atoms with Gasteiger partial charge in [-0.25, -0.2) is 9.59 Å². The highest BCUT2D eigenvalue weighted by Gasteiger charge is 2.26. The third-order valence-corrected chi connectivity index (χ3v) is 7.63. The summed E-state index contributed by atoms with van der Waals surface area (Å²) in [6.45, 7) is 7.86. The number of H-pyrrole nitrogens is 1. The van der Waals surface area contributed by atoms with Gasteiger partial charge in [0.1, 0.15) is 11.5 Å². The molecule has 1 atom stereocenters. The molecule has 4 aromatic rings. The molecule has 4 N–H and O–H groups in total. The summed E-state index contributed by atoms with van der Waals surface area (Å²) in [6.07, 6.45) is 3.46. The molecule has 6 rings (SSSR count). The van der Waals surface area contributed by atoms with Crippen molar-refractivity contribution in [1.82, 2.24) is 24.3 Å². The molecule has 1 aromatic carbocycles. The summed E-state index contributed by atoms with van der Waals surface area (Å²) < 4.78 is 12.5. The molecular formula is C28H32N6O5.